The summed E-state index contributed by atoms with van der Waals surface area (Å²) in [5.74, 6) is -0.781. The molecule has 0 fully saturated rings. The van der Waals surface area contributed by atoms with E-state index < -0.39 is 34.6 Å². The fourth-order valence-corrected chi connectivity index (χ4v) is 10.5. The fourth-order valence-electron chi connectivity index (χ4n) is 6.03. The van der Waals surface area contributed by atoms with Crippen LogP contribution in [0.2, 0.25) is 0 Å². The molecule has 4 amide bonds. The number of benzene rings is 4. The third-order valence-electron chi connectivity index (χ3n) is 8.77. The Balaban J connectivity index is 1.02. The lowest BCUT2D eigenvalue weighted by Gasteiger charge is -2.31. The van der Waals surface area contributed by atoms with Gasteiger partial charge in [-0.2, -0.15) is 0 Å². The van der Waals surface area contributed by atoms with Crippen molar-refractivity contribution in [3.63, 3.8) is 0 Å². The van der Waals surface area contributed by atoms with Crippen molar-refractivity contribution in [3.05, 3.63) is 95.1 Å². The molecule has 0 radical (unpaired) electrons. The Morgan fingerprint density at radius 2 is 0.815 bits per heavy atom. The van der Waals surface area contributed by atoms with Gasteiger partial charge in [-0.3, -0.25) is 29.0 Å². The van der Waals surface area contributed by atoms with Crippen LogP contribution in [-0.2, 0) is 42.1 Å². The molecule has 2 heterocycles. The van der Waals surface area contributed by atoms with Crippen molar-refractivity contribution in [3.8, 4) is 11.5 Å². The van der Waals surface area contributed by atoms with E-state index in [1.807, 2.05) is 24.3 Å². The Labute approximate surface area is 332 Å². The van der Waals surface area contributed by atoms with Gasteiger partial charge < -0.3 is 28.0 Å². The number of imide groups is 2. The lowest BCUT2D eigenvalue weighted by Crippen LogP contribution is -2.45. The number of nitrogens with zero attached hydrogens (tertiary/aromatic N) is 2. The second-order valence-electron chi connectivity index (χ2n) is 11.9. The molecule has 0 N–H and O–H groups in total. The van der Waals surface area contributed by atoms with Crippen molar-refractivity contribution in [2.45, 2.75) is 0 Å². The van der Waals surface area contributed by atoms with Gasteiger partial charge in [0.25, 0.3) is 23.6 Å². The zero-order valence-corrected chi connectivity index (χ0v) is 34.4. The predicted molar refractivity (Wildman–Crippen MR) is 220 cm³/mol. The molecule has 0 bridgehead atoms. The first-order valence-corrected chi connectivity index (χ1v) is 24.3. The van der Waals surface area contributed by atoms with Crippen molar-refractivity contribution >= 4 is 104 Å². The van der Waals surface area contributed by atoms with Gasteiger partial charge in [0.2, 0.25) is 0 Å². The van der Waals surface area contributed by atoms with Crippen molar-refractivity contribution in [2.75, 3.05) is 67.0 Å². The summed E-state index contributed by atoms with van der Waals surface area (Å²) >= 11 is 20.3. The number of carbonyl (C=O) groups is 4. The summed E-state index contributed by atoms with van der Waals surface area (Å²) in [7, 11) is 3.16. The van der Waals surface area contributed by atoms with Crippen molar-refractivity contribution in [2.24, 2.45) is 0 Å². The van der Waals surface area contributed by atoms with E-state index in [4.69, 9.17) is 51.6 Å². The molecule has 0 aromatic heterocycles. The van der Waals surface area contributed by atoms with Gasteiger partial charge in [0.1, 0.15) is 22.4 Å². The number of hydrogen-bond acceptors (Lipinski definition) is 12. The van der Waals surface area contributed by atoms with Crippen LogP contribution in [0.15, 0.2) is 72.8 Å². The number of rotatable bonds is 18. The van der Waals surface area contributed by atoms with E-state index >= 15 is 0 Å². The van der Waals surface area contributed by atoms with Gasteiger partial charge in [0.05, 0.1) is 67.0 Å². The number of thiol groups is 2. The molecule has 4 aromatic rings. The van der Waals surface area contributed by atoms with Gasteiger partial charge in [0, 0.05) is 43.6 Å². The first-order chi connectivity index (χ1) is 25.9. The molecule has 2 aliphatic rings. The Kier molecular flexibility index (Phi) is 13.0. The van der Waals surface area contributed by atoms with Crippen LogP contribution in [0.25, 0.3) is 10.8 Å². The molecule has 284 valence electrons. The summed E-state index contributed by atoms with van der Waals surface area (Å²) in [4.78, 5) is 56.6. The Morgan fingerprint density at radius 1 is 0.500 bits per heavy atom. The summed E-state index contributed by atoms with van der Waals surface area (Å²) in [6.07, 6.45) is 0. The standard InChI is InChI=1S/C36H36N2O10P2S4/c1-43-23-3-7-25(8-4-23)49(51,52)47-21-19-45-17-15-37-33(39)27-11-13-29-32-30(14-12-28(31(27)32)34(37)40)36(42)38(35(29)41)16-18-46-20-22-48-50(53,54)26-9-5-24(44-2)6-10-26/h3-14H,15-22H2,1-2H3,(H,51,52)(H,53,54). The van der Waals surface area contributed by atoms with Crippen molar-refractivity contribution in [1.29, 1.82) is 0 Å². The van der Waals surface area contributed by atoms with Gasteiger partial charge in [-0.15, -0.1) is 24.5 Å². The normalized spacial score (nSPS) is 16.1. The third-order valence-corrected chi connectivity index (χ3v) is 15.7. The van der Waals surface area contributed by atoms with Crippen LogP contribution in [0, 0.1) is 0 Å². The molecular formula is C36H36N2O10P2S4. The molecule has 2 atom stereocenters. The highest BCUT2D eigenvalue weighted by atomic mass is 32.9. The molecule has 0 aliphatic carbocycles. The van der Waals surface area contributed by atoms with Crippen LogP contribution in [0.5, 0.6) is 11.5 Å². The average Bonchev–Trinajstić information content (AvgIpc) is 3.17. The molecule has 0 saturated carbocycles. The molecule has 4 aromatic carbocycles. The Hall–Kier alpha value is -3.14. The smallest absolute Gasteiger partial charge is 0.261 e. The maximum atomic E-state index is 13.6. The molecule has 0 spiro atoms. The first-order valence-electron chi connectivity index (χ1n) is 16.6. The summed E-state index contributed by atoms with van der Waals surface area (Å²) in [5.41, 5.74) is -4.25. The molecule has 54 heavy (non-hydrogen) atoms. The Morgan fingerprint density at radius 3 is 1.11 bits per heavy atom. The third kappa shape index (κ3) is 8.48. The van der Waals surface area contributed by atoms with E-state index in [2.05, 4.69) is 24.5 Å². The quantitative estimate of drug-likeness (QED) is 0.0588. The number of amides is 4. The number of carbonyl (C=O) groups excluding carboxylic acids is 4. The minimum Gasteiger partial charge on any atom is -0.497 e. The molecule has 0 saturated heterocycles. The van der Waals surface area contributed by atoms with E-state index in [0.717, 1.165) is 20.4 Å². The van der Waals surface area contributed by atoms with Gasteiger partial charge >= 0.3 is 0 Å². The van der Waals surface area contributed by atoms with Gasteiger partial charge in [0.15, 0.2) is 0 Å². The highest BCUT2D eigenvalue weighted by molar-refractivity contribution is 8.64. The fraction of sp³-hybridized carbons (Fsp3) is 0.278. The SMILES string of the molecule is COc1ccc(P(=S)(S)OCCOCCN2C(=O)c3ccc4c5c(ccc(c35)C2=O)C(=O)N(CCOCCOP(=S)(S)c2ccc(OC)cc2)C4=O)cc1. The Bertz CT molecular complexity index is 1980. The van der Waals surface area contributed by atoms with Crippen LogP contribution in [-0.4, -0.2) is 100 Å². The van der Waals surface area contributed by atoms with Crippen molar-refractivity contribution in [1.82, 2.24) is 9.80 Å². The minimum absolute atomic E-state index is 0.0169. The summed E-state index contributed by atoms with van der Waals surface area (Å²) < 4.78 is 33.4. The van der Waals surface area contributed by atoms with Gasteiger partial charge in [-0.05, 0) is 72.8 Å². The summed E-state index contributed by atoms with van der Waals surface area (Å²) in [6.45, 7) is 0.747. The summed E-state index contributed by atoms with van der Waals surface area (Å²) in [6, 6.07) is 20.5. The molecule has 6 rings (SSSR count). The van der Waals surface area contributed by atoms with E-state index in [9.17, 15) is 19.2 Å². The van der Waals surface area contributed by atoms with E-state index in [-0.39, 0.29) is 85.8 Å². The maximum Gasteiger partial charge on any atom is 0.261 e. The topological polar surface area (TPSA) is 130 Å². The van der Waals surface area contributed by atoms with Crippen LogP contribution in [0.4, 0.5) is 0 Å². The van der Waals surface area contributed by atoms with Gasteiger partial charge in [-0.1, -0.05) is 23.6 Å². The molecule has 2 aliphatic heterocycles. The van der Waals surface area contributed by atoms with E-state index in [1.54, 1.807) is 38.5 Å². The number of hydrogen-bond donors (Lipinski definition) is 2. The highest BCUT2D eigenvalue weighted by Crippen LogP contribution is 2.51. The lowest BCUT2D eigenvalue weighted by molar-refractivity contribution is 0.0480. The zero-order chi connectivity index (χ0) is 38.6. The maximum absolute atomic E-state index is 13.6. The number of methoxy groups -OCH3 is 2. The molecule has 12 nitrogen and oxygen atoms in total. The lowest BCUT2D eigenvalue weighted by atomic mass is 9.86. The van der Waals surface area contributed by atoms with Crippen molar-refractivity contribution < 1.29 is 47.2 Å². The monoisotopic (exact) mass is 846 g/mol. The van der Waals surface area contributed by atoms with Gasteiger partial charge in [-0.25, -0.2) is 0 Å². The molecular weight excluding hydrogens is 811 g/mol. The second kappa shape index (κ2) is 17.3. The second-order valence-corrected chi connectivity index (χ2v) is 23.6. The highest BCUT2D eigenvalue weighted by Gasteiger charge is 2.39. The first kappa shape index (κ1) is 40.5. The van der Waals surface area contributed by atoms with Crippen LogP contribution < -0.4 is 20.1 Å². The summed E-state index contributed by atoms with van der Waals surface area (Å²) in [5, 5.41) is 2.12. The van der Waals surface area contributed by atoms with Crippen LogP contribution in [0.1, 0.15) is 41.4 Å². The zero-order valence-electron chi connectivity index (χ0n) is 29.2. The van der Waals surface area contributed by atoms with Crippen LogP contribution >= 0.6 is 35.4 Å². The molecule has 2 unspecified atom stereocenters. The minimum atomic E-state index is -2.57. The number of ether oxygens (including phenoxy) is 4. The predicted octanol–water partition coefficient (Wildman–Crippen LogP) is 5.25. The van der Waals surface area contributed by atoms with Crippen LogP contribution in [0.3, 0.4) is 0 Å². The molecule has 18 heteroatoms. The average molecular weight is 847 g/mol. The largest absolute Gasteiger partial charge is 0.497 e. The van der Waals surface area contributed by atoms with E-state index in [1.165, 1.54) is 24.3 Å². The van der Waals surface area contributed by atoms with E-state index in [0.29, 0.717) is 11.5 Å².